The molecule has 4 aliphatic heterocycles. The van der Waals surface area contributed by atoms with Crippen LogP contribution >= 0.6 is 0 Å². The number of aryl methyl sites for hydroxylation is 1. The lowest BCUT2D eigenvalue weighted by Gasteiger charge is -2.50. The Morgan fingerprint density at radius 1 is 0.845 bits per heavy atom. The van der Waals surface area contributed by atoms with Crippen molar-refractivity contribution < 1.29 is 24.0 Å². The van der Waals surface area contributed by atoms with Crippen molar-refractivity contribution in [2.24, 2.45) is 0 Å². The molecule has 11 nitrogen and oxygen atoms in total. The summed E-state index contributed by atoms with van der Waals surface area (Å²) in [5, 5.41) is 15.5. The Balaban J connectivity index is 0.794. The number of imide groups is 1. The van der Waals surface area contributed by atoms with Crippen LogP contribution in [0.2, 0.25) is 0 Å². The summed E-state index contributed by atoms with van der Waals surface area (Å²) < 4.78 is 0. The van der Waals surface area contributed by atoms with Gasteiger partial charge >= 0.3 is 0 Å². The van der Waals surface area contributed by atoms with E-state index in [1.807, 2.05) is 71.6 Å². The van der Waals surface area contributed by atoms with Crippen LogP contribution < -0.4 is 26.6 Å². The summed E-state index contributed by atoms with van der Waals surface area (Å²) in [7, 11) is 0. The minimum atomic E-state index is -0.939. The second kappa shape index (κ2) is 15.0. The Kier molecular flexibility index (Phi) is 9.71. The van der Waals surface area contributed by atoms with Crippen LogP contribution in [-0.2, 0) is 37.6 Å². The number of fused-ring (bicyclic) bond motifs is 4. The summed E-state index contributed by atoms with van der Waals surface area (Å²) in [6.45, 7) is 5.42. The van der Waals surface area contributed by atoms with Crippen LogP contribution in [0.4, 0.5) is 11.4 Å². The van der Waals surface area contributed by atoms with Gasteiger partial charge in [-0.15, -0.1) is 0 Å². The fourth-order valence-electron chi connectivity index (χ4n) is 10.4. The van der Waals surface area contributed by atoms with Gasteiger partial charge in [-0.2, -0.15) is 0 Å². The minimum absolute atomic E-state index is 0.0634. The number of amides is 5. The van der Waals surface area contributed by atoms with Crippen molar-refractivity contribution in [1.29, 1.82) is 0 Å². The zero-order valence-electron chi connectivity index (χ0n) is 32.4. The predicted molar refractivity (Wildman–Crippen MR) is 222 cm³/mol. The molecule has 5 N–H and O–H groups in total. The fraction of sp³-hybridized carbons (Fsp3) is 0.340. The number of hydrogen-bond donors (Lipinski definition) is 5. The molecule has 3 fully saturated rings. The van der Waals surface area contributed by atoms with E-state index in [9.17, 15) is 24.0 Å². The van der Waals surface area contributed by atoms with Crippen LogP contribution in [0.5, 0.6) is 0 Å². The summed E-state index contributed by atoms with van der Waals surface area (Å²) in [5.41, 5.74) is 6.60. The SMILES string of the molecule is C=C1c2cccc(CCCCCNC(=O)c3ccc(NC(=O)[C@@H]4NC5(CCC5)[C@@]5(C(=O)Nc6ccccc65)[C@H]4c4ccccc4)cc3)c2CN1C1CCC(=O)NC1=O. The average Bonchev–Trinajstić information content (AvgIpc) is 3.84. The molecule has 1 unspecified atom stereocenters. The van der Waals surface area contributed by atoms with Gasteiger partial charge < -0.3 is 20.9 Å². The number of hydrogen-bond acceptors (Lipinski definition) is 7. The second-order valence-corrected chi connectivity index (χ2v) is 16.4. The lowest BCUT2D eigenvalue weighted by molar-refractivity contribution is -0.136. The molecule has 5 aliphatic rings. The molecule has 2 spiro atoms. The Morgan fingerprint density at radius 2 is 1.62 bits per heavy atom. The first-order chi connectivity index (χ1) is 28.2. The maximum atomic E-state index is 14.3. The van der Waals surface area contributed by atoms with Crippen molar-refractivity contribution in [3.05, 3.63) is 137 Å². The maximum absolute atomic E-state index is 14.3. The van der Waals surface area contributed by atoms with E-state index < -0.39 is 22.9 Å². The maximum Gasteiger partial charge on any atom is 0.251 e. The Hall–Kier alpha value is -6.07. The van der Waals surface area contributed by atoms with Crippen LogP contribution in [0, 0.1) is 0 Å². The van der Waals surface area contributed by atoms with Crippen molar-refractivity contribution in [3.8, 4) is 0 Å². The molecule has 4 aromatic rings. The second-order valence-electron chi connectivity index (χ2n) is 16.4. The largest absolute Gasteiger partial charge is 0.355 e. The highest BCUT2D eigenvalue weighted by atomic mass is 16.2. The number of nitrogens with zero attached hydrogens (tertiary/aromatic N) is 1. The number of nitrogens with one attached hydrogen (secondary N) is 5. The number of unbranched alkanes of at least 4 members (excludes halogenated alkanes) is 2. The number of para-hydroxylation sites is 1. The summed E-state index contributed by atoms with van der Waals surface area (Å²) in [6, 6.07) is 29.9. The number of carbonyl (C=O) groups is 5. The highest BCUT2D eigenvalue weighted by Crippen LogP contribution is 2.64. The van der Waals surface area contributed by atoms with Crippen LogP contribution in [0.1, 0.15) is 95.5 Å². The molecule has 0 radical (unpaired) electrons. The van der Waals surface area contributed by atoms with Gasteiger partial charge in [0.1, 0.15) is 11.5 Å². The molecule has 9 rings (SSSR count). The highest BCUT2D eigenvalue weighted by molar-refractivity contribution is 6.11. The average molecular weight is 777 g/mol. The van der Waals surface area contributed by atoms with Gasteiger partial charge in [0.15, 0.2) is 0 Å². The Bertz CT molecular complexity index is 2320. The van der Waals surface area contributed by atoms with E-state index in [4.69, 9.17) is 0 Å². The molecule has 1 saturated carbocycles. The van der Waals surface area contributed by atoms with Gasteiger partial charge in [0, 0.05) is 59.2 Å². The molecule has 58 heavy (non-hydrogen) atoms. The first kappa shape index (κ1) is 37.5. The van der Waals surface area contributed by atoms with E-state index in [-0.39, 0.29) is 35.6 Å². The zero-order valence-corrected chi connectivity index (χ0v) is 32.4. The van der Waals surface area contributed by atoms with E-state index in [1.54, 1.807) is 24.3 Å². The number of anilines is 2. The van der Waals surface area contributed by atoms with Crippen molar-refractivity contribution in [2.75, 3.05) is 17.2 Å². The monoisotopic (exact) mass is 776 g/mol. The molecule has 1 aliphatic carbocycles. The Morgan fingerprint density at radius 3 is 2.38 bits per heavy atom. The van der Waals surface area contributed by atoms with Crippen molar-refractivity contribution in [3.63, 3.8) is 0 Å². The standard InChI is InChI=1S/C47H48N6O5/c1-29-34-16-10-15-30(35(34)28-53(29)38-23-24-39(54)51-43(38)56)12-6-3-9-27-48-42(55)32-19-21-33(22-20-32)49-44(57)41-40(31-13-4-2-5-14-31)47(46(52-41)25-11-26-46)36-17-7-8-18-37(36)50-45(47)58/h2,4-5,7-8,10,13-22,38,40-41,52H,1,3,6,9,11-12,23-28H2,(H,48,55)(H,49,57)(H,50,58)(H,51,54,56)/t38?,40-,41+,47+/m0/s1. The van der Waals surface area contributed by atoms with Gasteiger partial charge in [-0.3, -0.25) is 34.6 Å². The first-order valence-corrected chi connectivity index (χ1v) is 20.5. The van der Waals surface area contributed by atoms with Crippen molar-refractivity contribution in [1.82, 2.24) is 20.9 Å². The molecule has 4 atom stereocenters. The summed E-state index contributed by atoms with van der Waals surface area (Å²) in [4.78, 5) is 67.9. The summed E-state index contributed by atoms with van der Waals surface area (Å²) in [6.07, 6.45) is 6.98. The van der Waals surface area contributed by atoms with Gasteiger partial charge in [0.2, 0.25) is 23.6 Å². The number of benzene rings is 4. The lowest BCUT2D eigenvalue weighted by atomic mass is 9.53. The molecular formula is C47H48N6O5. The molecule has 2 saturated heterocycles. The van der Waals surface area contributed by atoms with E-state index >= 15 is 0 Å². The van der Waals surface area contributed by atoms with Gasteiger partial charge in [0.25, 0.3) is 5.91 Å². The highest BCUT2D eigenvalue weighted by Gasteiger charge is 2.73. The van der Waals surface area contributed by atoms with Crippen LogP contribution in [0.3, 0.4) is 0 Å². The molecule has 4 heterocycles. The van der Waals surface area contributed by atoms with Gasteiger partial charge in [0.05, 0.1) is 6.04 Å². The molecule has 5 amide bonds. The molecule has 4 aromatic carbocycles. The third-order valence-electron chi connectivity index (χ3n) is 13.3. The number of piperidine rings is 1. The first-order valence-electron chi connectivity index (χ1n) is 20.5. The topological polar surface area (TPSA) is 149 Å². The quantitative estimate of drug-likeness (QED) is 0.0938. The predicted octanol–water partition coefficient (Wildman–Crippen LogP) is 5.93. The number of rotatable bonds is 11. The summed E-state index contributed by atoms with van der Waals surface area (Å²) >= 11 is 0. The van der Waals surface area contributed by atoms with Gasteiger partial charge in [-0.1, -0.05) is 79.7 Å². The molecule has 296 valence electrons. The van der Waals surface area contributed by atoms with Crippen LogP contribution in [-0.4, -0.2) is 58.6 Å². The minimum Gasteiger partial charge on any atom is -0.355 e. The molecule has 11 heteroatoms. The summed E-state index contributed by atoms with van der Waals surface area (Å²) in [5.74, 6) is -1.37. The zero-order chi connectivity index (χ0) is 40.0. The van der Waals surface area contributed by atoms with E-state index in [2.05, 4.69) is 39.2 Å². The molecular weight excluding hydrogens is 729 g/mol. The van der Waals surface area contributed by atoms with Crippen LogP contribution in [0.25, 0.3) is 5.70 Å². The van der Waals surface area contributed by atoms with E-state index in [1.165, 1.54) is 11.1 Å². The van der Waals surface area contributed by atoms with Crippen molar-refractivity contribution in [2.45, 2.75) is 93.3 Å². The van der Waals surface area contributed by atoms with E-state index in [0.717, 1.165) is 73.0 Å². The molecule has 0 bridgehead atoms. The van der Waals surface area contributed by atoms with Gasteiger partial charge in [-0.25, -0.2) is 0 Å². The molecule has 0 aromatic heterocycles. The smallest absolute Gasteiger partial charge is 0.251 e. The fourth-order valence-corrected chi connectivity index (χ4v) is 10.4. The third kappa shape index (κ3) is 6.19. The third-order valence-corrected chi connectivity index (χ3v) is 13.3. The normalized spacial score (nSPS) is 23.9. The van der Waals surface area contributed by atoms with E-state index in [0.29, 0.717) is 37.2 Å². The van der Waals surface area contributed by atoms with Crippen LogP contribution in [0.15, 0.2) is 104 Å². The lowest BCUT2D eigenvalue weighted by Crippen LogP contribution is -2.63. The number of carbonyl (C=O) groups excluding carboxylic acids is 5. The Labute approximate surface area is 338 Å². The van der Waals surface area contributed by atoms with Crippen molar-refractivity contribution >= 4 is 46.6 Å². The van der Waals surface area contributed by atoms with Gasteiger partial charge in [-0.05, 0) is 97.5 Å².